The second kappa shape index (κ2) is 6.76. The summed E-state index contributed by atoms with van der Waals surface area (Å²) in [5, 5.41) is -0.178. The van der Waals surface area contributed by atoms with Crippen molar-refractivity contribution in [3.05, 3.63) is 5.53 Å². The first-order valence-corrected chi connectivity index (χ1v) is 5.90. The van der Waals surface area contributed by atoms with Crippen LogP contribution in [0, 0.1) is 5.92 Å². The van der Waals surface area contributed by atoms with Gasteiger partial charge in [-0.25, -0.2) is 4.89 Å². The third-order valence-corrected chi connectivity index (χ3v) is 3.66. The van der Waals surface area contributed by atoms with E-state index in [-0.39, 0.29) is 16.5 Å². The van der Waals surface area contributed by atoms with Gasteiger partial charge in [-0.2, -0.15) is 9.12 Å². The first-order chi connectivity index (χ1) is 7.78. The fraction of sp³-hybridized carbons (Fsp3) is 0.800. The summed E-state index contributed by atoms with van der Waals surface area (Å²) in [7, 11) is 2.95. The molecule has 1 amide bonds. The highest BCUT2D eigenvalue weighted by molar-refractivity contribution is 8.11. The minimum absolute atomic E-state index is 0.178. The third kappa shape index (κ3) is 4.12. The van der Waals surface area contributed by atoms with Crippen LogP contribution < -0.4 is 0 Å². The molecule has 0 N–H and O–H groups in total. The second-order valence-electron chi connectivity index (χ2n) is 4.40. The van der Waals surface area contributed by atoms with E-state index >= 15 is 0 Å². The van der Waals surface area contributed by atoms with Crippen LogP contribution >= 0.6 is 12.0 Å². The van der Waals surface area contributed by atoms with Crippen molar-refractivity contribution in [2.75, 3.05) is 14.2 Å². The zero-order valence-corrected chi connectivity index (χ0v) is 11.9. The Balaban J connectivity index is 4.86. The molecule has 0 saturated carbocycles. The van der Waals surface area contributed by atoms with Gasteiger partial charge in [-0.1, -0.05) is 13.8 Å². The van der Waals surface area contributed by atoms with Crippen molar-refractivity contribution in [1.29, 1.82) is 0 Å². The molecular formula is C10H19N3O3S. The maximum atomic E-state index is 12.0. The lowest BCUT2D eigenvalue weighted by atomic mass is 9.89. The second-order valence-corrected chi connectivity index (χ2v) is 5.09. The van der Waals surface area contributed by atoms with Gasteiger partial charge in [0.1, 0.15) is 0 Å². The third-order valence-electron chi connectivity index (χ3n) is 3.04. The van der Waals surface area contributed by atoms with Gasteiger partial charge in [-0.05, 0) is 19.8 Å². The molecule has 7 heteroatoms. The average Bonchev–Trinajstić information content (AvgIpc) is 2.28. The van der Waals surface area contributed by atoms with Gasteiger partial charge in [0.15, 0.2) is 12.0 Å². The van der Waals surface area contributed by atoms with Crippen LogP contribution in [0.25, 0.3) is 5.53 Å². The molecule has 0 atom stereocenters. The Labute approximate surface area is 106 Å². The van der Waals surface area contributed by atoms with Gasteiger partial charge in [-0.15, -0.1) is 0 Å². The van der Waals surface area contributed by atoms with Crippen molar-refractivity contribution in [2.45, 2.75) is 33.2 Å². The molecule has 6 nitrogen and oxygen atoms in total. The van der Waals surface area contributed by atoms with Crippen LogP contribution in [0.1, 0.15) is 27.7 Å². The van der Waals surface area contributed by atoms with Crippen LogP contribution in [-0.2, 0) is 14.0 Å². The highest BCUT2D eigenvalue weighted by Crippen LogP contribution is 2.23. The average molecular weight is 261 g/mol. The molecule has 0 radical (unpaired) electrons. The Morgan fingerprint density at radius 2 is 2.00 bits per heavy atom. The lowest BCUT2D eigenvalue weighted by Crippen LogP contribution is -2.50. The molecule has 0 bridgehead atoms. The Morgan fingerprint density at radius 1 is 1.47 bits per heavy atom. The molecule has 0 aliphatic carbocycles. The van der Waals surface area contributed by atoms with Gasteiger partial charge in [-0.3, -0.25) is 4.79 Å². The topological polar surface area (TPSA) is 75.2 Å². The van der Waals surface area contributed by atoms with Crippen molar-refractivity contribution in [2.24, 2.45) is 5.92 Å². The Kier molecular flexibility index (Phi) is 6.41. The first kappa shape index (κ1) is 16.1. The van der Waals surface area contributed by atoms with Gasteiger partial charge in [0, 0.05) is 12.6 Å². The number of rotatable bonds is 4. The summed E-state index contributed by atoms with van der Waals surface area (Å²) in [5.74, 6) is -0.169. The molecule has 0 heterocycles. The van der Waals surface area contributed by atoms with E-state index in [1.165, 1.54) is 12.0 Å². The van der Waals surface area contributed by atoms with Crippen molar-refractivity contribution in [1.82, 2.24) is 4.90 Å². The zero-order valence-electron chi connectivity index (χ0n) is 11.1. The normalized spacial score (nSPS) is 11.2. The van der Waals surface area contributed by atoms with Crippen molar-refractivity contribution in [3.8, 4) is 0 Å². The van der Waals surface area contributed by atoms with E-state index in [9.17, 15) is 4.79 Å². The number of hydrogen-bond donors (Lipinski definition) is 0. The number of hydrogen-bond acceptors (Lipinski definition) is 4. The van der Waals surface area contributed by atoms with E-state index in [1.54, 1.807) is 7.05 Å². The van der Waals surface area contributed by atoms with Crippen LogP contribution in [0.3, 0.4) is 0 Å². The van der Waals surface area contributed by atoms with Crippen molar-refractivity contribution < 1.29 is 18.8 Å². The molecule has 0 aromatic rings. The molecule has 0 aliphatic rings. The van der Waals surface area contributed by atoms with E-state index < -0.39 is 5.91 Å². The summed E-state index contributed by atoms with van der Waals surface area (Å²) >= 11 is 0.572. The largest absolute Gasteiger partial charge is 0.443 e. The molecule has 0 spiro atoms. The van der Waals surface area contributed by atoms with Gasteiger partial charge in [0.2, 0.25) is 0 Å². The number of carbonyl (C=O) groups excluding carboxylic acids is 1. The van der Waals surface area contributed by atoms with Crippen LogP contribution in [0.15, 0.2) is 0 Å². The maximum absolute atomic E-state index is 12.0. The standard InChI is InChI=1S/C10H19N3O3S/c1-7(2)10(3,4)13(5)9(14)8(12-11)17-16-15-6/h7H,1-6H3. The summed E-state index contributed by atoms with van der Waals surface area (Å²) in [6.45, 7) is 7.90. The quantitative estimate of drug-likeness (QED) is 0.147. The lowest BCUT2D eigenvalue weighted by molar-refractivity contribution is -0.160. The first-order valence-electron chi connectivity index (χ1n) is 5.16. The van der Waals surface area contributed by atoms with Gasteiger partial charge in [0.05, 0.1) is 7.11 Å². The fourth-order valence-electron chi connectivity index (χ4n) is 0.954. The molecule has 0 saturated heterocycles. The summed E-state index contributed by atoms with van der Waals surface area (Å²) in [5.41, 5.74) is 8.40. The van der Waals surface area contributed by atoms with E-state index in [2.05, 4.69) is 14.0 Å². The molecule has 98 valence electrons. The molecule has 0 aliphatic heterocycles. The Hall–Kier alpha value is -0.880. The van der Waals surface area contributed by atoms with Crippen molar-refractivity contribution in [3.63, 3.8) is 0 Å². The minimum atomic E-state index is -0.423. The summed E-state index contributed by atoms with van der Waals surface area (Å²) in [6.07, 6.45) is 0. The highest BCUT2D eigenvalue weighted by Gasteiger charge is 2.37. The number of carbonyl (C=O) groups is 1. The molecule has 0 unspecified atom stereocenters. The molecular weight excluding hydrogens is 242 g/mol. The molecule has 0 aromatic heterocycles. The van der Waals surface area contributed by atoms with Gasteiger partial charge < -0.3 is 10.4 Å². The van der Waals surface area contributed by atoms with Crippen LogP contribution in [0.5, 0.6) is 0 Å². The summed E-state index contributed by atoms with van der Waals surface area (Å²) < 4.78 is 4.51. The van der Waals surface area contributed by atoms with E-state index in [0.29, 0.717) is 12.0 Å². The summed E-state index contributed by atoms with van der Waals surface area (Å²) in [4.78, 5) is 20.8. The molecule has 17 heavy (non-hydrogen) atoms. The lowest BCUT2D eigenvalue weighted by Gasteiger charge is -2.37. The SMILES string of the molecule is COOSC(=[N+]=[N-])C(=O)N(C)C(C)(C)C(C)C. The van der Waals surface area contributed by atoms with E-state index in [1.807, 2.05) is 27.7 Å². The van der Waals surface area contributed by atoms with E-state index in [0.717, 1.165) is 0 Å². The summed E-state index contributed by atoms with van der Waals surface area (Å²) in [6, 6.07) is 0. The van der Waals surface area contributed by atoms with Crippen LogP contribution in [0.4, 0.5) is 0 Å². The van der Waals surface area contributed by atoms with E-state index in [4.69, 9.17) is 5.53 Å². The predicted octanol–water partition coefficient (Wildman–Crippen LogP) is 1.73. The monoisotopic (exact) mass is 261 g/mol. The van der Waals surface area contributed by atoms with Crippen LogP contribution in [-0.4, -0.2) is 40.3 Å². The maximum Gasteiger partial charge on any atom is 0.443 e. The van der Waals surface area contributed by atoms with Crippen molar-refractivity contribution >= 4 is 23.0 Å². The molecule has 0 aromatic carbocycles. The zero-order chi connectivity index (χ0) is 13.6. The fourth-order valence-corrected chi connectivity index (χ4v) is 1.33. The van der Waals surface area contributed by atoms with Crippen LogP contribution in [0.2, 0.25) is 0 Å². The van der Waals surface area contributed by atoms with Gasteiger partial charge in [0.25, 0.3) is 0 Å². The smallest absolute Gasteiger partial charge is 0.360 e. The highest BCUT2D eigenvalue weighted by atomic mass is 32.2. The number of amides is 1. The minimum Gasteiger partial charge on any atom is -0.360 e. The molecule has 0 fully saturated rings. The predicted molar refractivity (Wildman–Crippen MR) is 66.0 cm³/mol. The Morgan fingerprint density at radius 3 is 2.35 bits per heavy atom. The number of nitrogens with zero attached hydrogens (tertiary/aromatic N) is 3. The Bertz CT molecular complexity index is 325. The van der Waals surface area contributed by atoms with Gasteiger partial charge >= 0.3 is 11.0 Å². The molecule has 0 rings (SSSR count).